The average Bonchev–Trinajstić information content (AvgIpc) is 3.53. The van der Waals surface area contributed by atoms with Gasteiger partial charge in [0.05, 0.1) is 12.1 Å². The van der Waals surface area contributed by atoms with Gasteiger partial charge in [0.25, 0.3) is 5.91 Å². The van der Waals surface area contributed by atoms with Crippen LogP contribution in [0.4, 0.5) is 26.3 Å². The molecule has 40 heavy (non-hydrogen) atoms. The van der Waals surface area contributed by atoms with Gasteiger partial charge in [0.2, 0.25) is 0 Å². The molecule has 0 bridgehead atoms. The molecule has 0 aliphatic carbocycles. The van der Waals surface area contributed by atoms with E-state index in [0.717, 1.165) is 50.6 Å². The summed E-state index contributed by atoms with van der Waals surface area (Å²) in [7, 11) is 1.78. The maximum absolute atomic E-state index is 12.2. The lowest BCUT2D eigenvalue weighted by Gasteiger charge is -2.50. The van der Waals surface area contributed by atoms with Crippen LogP contribution >= 0.6 is 0 Å². The van der Waals surface area contributed by atoms with Crippen LogP contribution in [0.15, 0.2) is 28.8 Å². The molecule has 4 rings (SSSR count). The Morgan fingerprint density at radius 2 is 1.65 bits per heavy atom. The number of carbonyl (C=O) groups excluding carboxylic acids is 1. The number of ether oxygens (including phenoxy) is 1. The number of carboxylic acid groups (broad SMARTS) is 2. The maximum atomic E-state index is 12.2. The molecule has 4 heterocycles. The molecule has 2 aromatic rings. The molecule has 1 unspecified atom stereocenters. The number of rotatable bonds is 6. The van der Waals surface area contributed by atoms with Crippen molar-refractivity contribution in [2.24, 2.45) is 13.0 Å². The quantitative estimate of drug-likeness (QED) is 0.435. The third kappa shape index (κ3) is 9.25. The molecule has 17 heteroatoms. The second-order valence-corrected chi connectivity index (χ2v) is 9.05. The highest BCUT2D eigenvalue weighted by molar-refractivity contribution is 5.92. The molecule has 0 aromatic carbocycles. The van der Waals surface area contributed by atoms with E-state index in [2.05, 4.69) is 15.3 Å². The van der Waals surface area contributed by atoms with Crippen molar-refractivity contribution in [3.8, 4) is 0 Å². The Labute approximate surface area is 223 Å². The fourth-order valence-corrected chi connectivity index (χ4v) is 4.20. The van der Waals surface area contributed by atoms with Gasteiger partial charge in [0.1, 0.15) is 17.2 Å². The van der Waals surface area contributed by atoms with Crippen LogP contribution in [-0.4, -0.2) is 86.9 Å². The summed E-state index contributed by atoms with van der Waals surface area (Å²) < 4.78 is 76.8. The maximum Gasteiger partial charge on any atom is 0.490 e. The van der Waals surface area contributed by atoms with Gasteiger partial charge in [-0.05, 0) is 43.9 Å². The Balaban J connectivity index is 0.000000333. The highest BCUT2D eigenvalue weighted by atomic mass is 19.4. The van der Waals surface area contributed by atoms with Gasteiger partial charge in [-0.15, -0.1) is 0 Å². The second-order valence-electron chi connectivity index (χ2n) is 9.05. The summed E-state index contributed by atoms with van der Waals surface area (Å²) >= 11 is 0. The lowest BCUT2D eigenvalue weighted by Crippen LogP contribution is -2.64. The zero-order valence-corrected chi connectivity index (χ0v) is 21.4. The number of carbonyl (C=O) groups is 3. The van der Waals surface area contributed by atoms with E-state index in [1.165, 1.54) is 0 Å². The number of nitrogens with zero attached hydrogens (tertiary/aromatic N) is 3. The fraction of sp³-hybridized carbons (Fsp3) is 0.565. The van der Waals surface area contributed by atoms with Gasteiger partial charge in [0.15, 0.2) is 0 Å². The van der Waals surface area contributed by atoms with E-state index in [1.807, 2.05) is 19.1 Å². The monoisotopic (exact) mass is 586 g/mol. The summed E-state index contributed by atoms with van der Waals surface area (Å²) in [6.45, 7) is 6.16. The lowest BCUT2D eigenvalue weighted by atomic mass is 9.79. The Morgan fingerprint density at radius 3 is 2.10 bits per heavy atom. The first kappa shape index (κ1) is 32.6. The molecule has 2 aliphatic rings. The van der Waals surface area contributed by atoms with Crippen molar-refractivity contribution in [3.63, 3.8) is 0 Å². The number of hydrogen-bond donors (Lipinski definition) is 3. The summed E-state index contributed by atoms with van der Waals surface area (Å²) in [4.78, 5) is 32.3. The largest absolute Gasteiger partial charge is 0.490 e. The van der Waals surface area contributed by atoms with Crippen molar-refractivity contribution in [2.45, 2.75) is 44.3 Å². The first-order valence-corrected chi connectivity index (χ1v) is 11.7. The molecule has 2 saturated heterocycles. The standard InChI is InChI=1S/C19H26N4O3.2C2HF3O2/c1-14-3-4-16(26-14)11-23-12-19(13-23)15(7-10-25-19)5-8-20-18(24)17-6-9-21-22(17)2;2*3-2(4,5)1(6)7/h3-4,6,9,15H,5,7-8,10-13H2,1-2H3,(H,20,24);2*(H,6,7). The minimum atomic E-state index is -5.08. The fourth-order valence-electron chi connectivity index (χ4n) is 4.20. The van der Waals surface area contributed by atoms with Crippen molar-refractivity contribution in [2.75, 3.05) is 26.2 Å². The predicted octanol–water partition coefficient (Wildman–Crippen LogP) is 3.00. The number of aryl methyl sites for hydroxylation is 2. The SMILES string of the molecule is Cc1ccc(CN2CC3(C2)OCCC3CCNC(=O)c2ccnn2C)o1.O=C(O)C(F)(F)F.O=C(O)C(F)(F)F. The summed E-state index contributed by atoms with van der Waals surface area (Å²) in [6, 6.07) is 5.78. The third-order valence-corrected chi connectivity index (χ3v) is 6.07. The van der Waals surface area contributed by atoms with Gasteiger partial charge in [-0.2, -0.15) is 31.4 Å². The van der Waals surface area contributed by atoms with Crippen molar-refractivity contribution >= 4 is 17.8 Å². The number of amides is 1. The lowest BCUT2D eigenvalue weighted by molar-refractivity contribution is -0.193. The average molecular weight is 586 g/mol. The van der Waals surface area contributed by atoms with Gasteiger partial charge in [-0.1, -0.05) is 0 Å². The van der Waals surface area contributed by atoms with Crippen LogP contribution in [0.25, 0.3) is 0 Å². The zero-order chi connectivity index (χ0) is 30.3. The van der Waals surface area contributed by atoms with Crippen molar-refractivity contribution in [3.05, 3.63) is 41.6 Å². The van der Waals surface area contributed by atoms with Gasteiger partial charge < -0.3 is 24.7 Å². The molecule has 1 atom stereocenters. The summed E-state index contributed by atoms with van der Waals surface area (Å²) in [5.41, 5.74) is 0.546. The number of aliphatic carboxylic acids is 2. The number of likely N-dealkylation sites (tertiary alicyclic amines) is 1. The molecule has 0 radical (unpaired) electrons. The molecule has 0 saturated carbocycles. The van der Waals surface area contributed by atoms with Crippen molar-refractivity contribution < 1.29 is 60.1 Å². The van der Waals surface area contributed by atoms with Crippen LogP contribution in [-0.2, 0) is 27.9 Å². The number of halogens is 6. The second kappa shape index (κ2) is 13.2. The molecule has 11 nitrogen and oxygen atoms in total. The first-order chi connectivity index (χ1) is 18.4. The molecule has 3 N–H and O–H groups in total. The van der Waals surface area contributed by atoms with E-state index >= 15 is 0 Å². The van der Waals surface area contributed by atoms with Gasteiger partial charge >= 0.3 is 24.3 Å². The van der Waals surface area contributed by atoms with E-state index < -0.39 is 24.3 Å². The molecular formula is C23H28F6N4O7. The van der Waals surface area contributed by atoms with Crippen LogP contribution in [0.1, 0.15) is 34.9 Å². The highest BCUT2D eigenvalue weighted by Gasteiger charge is 2.52. The van der Waals surface area contributed by atoms with Gasteiger partial charge in [-0.3, -0.25) is 14.4 Å². The third-order valence-electron chi connectivity index (χ3n) is 6.07. The molecule has 2 aliphatic heterocycles. The minimum absolute atomic E-state index is 0.0428. The summed E-state index contributed by atoms with van der Waals surface area (Å²) in [5.74, 6) is -3.13. The Kier molecular flexibility index (Phi) is 10.7. The van der Waals surface area contributed by atoms with Crippen molar-refractivity contribution in [1.82, 2.24) is 20.0 Å². The van der Waals surface area contributed by atoms with Crippen LogP contribution in [0.2, 0.25) is 0 Å². The van der Waals surface area contributed by atoms with Crippen molar-refractivity contribution in [1.29, 1.82) is 0 Å². The summed E-state index contributed by atoms with van der Waals surface area (Å²) in [5, 5.41) is 21.3. The highest BCUT2D eigenvalue weighted by Crippen LogP contribution is 2.42. The Morgan fingerprint density at radius 1 is 1.07 bits per heavy atom. The minimum Gasteiger partial charge on any atom is -0.475 e. The van der Waals surface area contributed by atoms with Crippen LogP contribution in [0, 0.1) is 12.8 Å². The molecule has 224 valence electrons. The van der Waals surface area contributed by atoms with E-state index in [1.54, 1.807) is 24.0 Å². The van der Waals surface area contributed by atoms with Crippen LogP contribution in [0.3, 0.4) is 0 Å². The Hall–Kier alpha value is -3.60. The normalized spacial score (nSPS) is 18.1. The zero-order valence-electron chi connectivity index (χ0n) is 21.4. The van der Waals surface area contributed by atoms with Gasteiger partial charge in [0, 0.05) is 39.5 Å². The molecule has 2 fully saturated rings. The predicted molar refractivity (Wildman–Crippen MR) is 123 cm³/mol. The molecule has 2 aromatic heterocycles. The summed E-state index contributed by atoms with van der Waals surface area (Å²) in [6.07, 6.45) is -6.52. The number of hydrogen-bond acceptors (Lipinski definition) is 7. The number of alkyl halides is 6. The molecule has 1 spiro atoms. The van der Waals surface area contributed by atoms with Gasteiger partial charge in [-0.25, -0.2) is 9.59 Å². The van der Waals surface area contributed by atoms with E-state index in [9.17, 15) is 31.1 Å². The van der Waals surface area contributed by atoms with Crippen LogP contribution in [0.5, 0.6) is 0 Å². The first-order valence-electron chi connectivity index (χ1n) is 11.7. The van der Waals surface area contributed by atoms with E-state index in [-0.39, 0.29) is 11.5 Å². The Bertz CT molecular complexity index is 1130. The van der Waals surface area contributed by atoms with E-state index in [0.29, 0.717) is 18.2 Å². The van der Waals surface area contributed by atoms with Crippen LogP contribution < -0.4 is 5.32 Å². The number of carboxylic acids is 2. The smallest absolute Gasteiger partial charge is 0.475 e. The van der Waals surface area contributed by atoms with E-state index in [4.69, 9.17) is 29.0 Å². The molecule has 1 amide bonds. The number of aromatic nitrogens is 2. The number of furan rings is 1. The number of nitrogens with one attached hydrogen (secondary N) is 1. The topological polar surface area (TPSA) is 147 Å². The molecular weight excluding hydrogens is 558 g/mol.